The number of rotatable bonds is 2. The molecule has 0 radical (unpaired) electrons. The van der Waals surface area contributed by atoms with Crippen molar-refractivity contribution in [1.82, 2.24) is 5.32 Å². The number of carboxylic acid groups (broad SMARTS) is 1. The van der Waals surface area contributed by atoms with E-state index in [4.69, 9.17) is 4.74 Å². The third kappa shape index (κ3) is 5.10. The Morgan fingerprint density at radius 2 is 1.80 bits per heavy atom. The molecular formula is C9H14CsNO4. The van der Waals surface area contributed by atoms with Gasteiger partial charge in [0.2, 0.25) is 0 Å². The summed E-state index contributed by atoms with van der Waals surface area (Å²) < 4.78 is 4.92. The normalized spacial score (nSPS) is 17.3. The molecule has 0 unspecified atom stereocenters. The molecule has 1 aliphatic carbocycles. The Bertz CT molecular complexity index is 268. The minimum absolute atomic E-state index is 0. The van der Waals surface area contributed by atoms with Gasteiger partial charge in [-0.25, -0.2) is 4.79 Å². The molecule has 15 heavy (non-hydrogen) atoms. The minimum atomic E-state index is -1.25. The van der Waals surface area contributed by atoms with Crippen LogP contribution in [0.2, 0.25) is 0 Å². The van der Waals surface area contributed by atoms with Gasteiger partial charge in [-0.2, -0.15) is 0 Å². The summed E-state index contributed by atoms with van der Waals surface area (Å²) in [5.74, 6) is -1.25. The van der Waals surface area contributed by atoms with Gasteiger partial charge in [-0.3, -0.25) is 0 Å². The quantitative estimate of drug-likeness (QED) is 0.577. The van der Waals surface area contributed by atoms with Crippen LogP contribution in [-0.4, -0.2) is 23.2 Å². The fourth-order valence-electron chi connectivity index (χ4n) is 1.00. The summed E-state index contributed by atoms with van der Waals surface area (Å²) in [6.07, 6.45) is 0.113. The Morgan fingerprint density at radius 1 is 1.33 bits per heavy atom. The Balaban J connectivity index is 0.00000196. The molecule has 1 N–H and O–H groups in total. The Hall–Kier alpha value is 0.792. The van der Waals surface area contributed by atoms with Gasteiger partial charge in [-0.1, -0.05) is 0 Å². The van der Waals surface area contributed by atoms with Gasteiger partial charge in [0, 0.05) is 0 Å². The molecule has 0 bridgehead atoms. The first kappa shape index (κ1) is 15.8. The molecule has 0 aromatic heterocycles. The Labute approximate surface area is 148 Å². The third-order valence-corrected chi connectivity index (χ3v) is 1.88. The summed E-state index contributed by atoms with van der Waals surface area (Å²) in [4.78, 5) is 21.8. The fourth-order valence-corrected chi connectivity index (χ4v) is 1.00. The second-order valence-electron chi connectivity index (χ2n) is 4.50. The molecule has 0 heterocycles. The molecule has 80 valence electrons. The van der Waals surface area contributed by atoms with Gasteiger partial charge in [-0.15, -0.1) is 0 Å². The van der Waals surface area contributed by atoms with E-state index in [0.29, 0.717) is 12.8 Å². The van der Waals surface area contributed by atoms with Crippen LogP contribution in [0.4, 0.5) is 4.79 Å². The molecule has 0 aromatic carbocycles. The van der Waals surface area contributed by atoms with E-state index in [9.17, 15) is 14.7 Å². The van der Waals surface area contributed by atoms with Crippen molar-refractivity contribution in [2.45, 2.75) is 44.8 Å². The summed E-state index contributed by atoms with van der Waals surface area (Å²) in [5.41, 5.74) is -1.80. The van der Waals surface area contributed by atoms with Crippen molar-refractivity contribution >= 4 is 12.1 Å². The smallest absolute Gasteiger partial charge is 0.548 e. The Morgan fingerprint density at radius 3 is 2.07 bits per heavy atom. The first-order valence-electron chi connectivity index (χ1n) is 4.48. The summed E-state index contributed by atoms with van der Waals surface area (Å²) in [5, 5.41) is 12.9. The molecule has 5 nitrogen and oxygen atoms in total. The van der Waals surface area contributed by atoms with E-state index in [1.54, 1.807) is 20.8 Å². The van der Waals surface area contributed by atoms with Crippen molar-refractivity contribution in [3.63, 3.8) is 0 Å². The predicted octanol–water partition coefficient (Wildman–Crippen LogP) is -3.20. The number of nitrogens with one attached hydrogen (secondary N) is 1. The van der Waals surface area contributed by atoms with Gasteiger partial charge < -0.3 is 20.0 Å². The maximum atomic E-state index is 11.2. The molecule has 1 saturated carbocycles. The molecule has 6 heteroatoms. The van der Waals surface area contributed by atoms with Crippen LogP contribution in [0.1, 0.15) is 33.6 Å². The van der Waals surface area contributed by atoms with E-state index in [1.165, 1.54) is 0 Å². The average Bonchev–Trinajstić information content (AvgIpc) is 2.63. The number of alkyl carbamates (subject to hydrolysis) is 1. The molecule has 0 aromatic rings. The summed E-state index contributed by atoms with van der Waals surface area (Å²) >= 11 is 0. The van der Waals surface area contributed by atoms with Crippen LogP contribution in [0.5, 0.6) is 0 Å². The number of ether oxygens (including phenoxy) is 1. The topological polar surface area (TPSA) is 78.5 Å². The molecular weight excluding hydrogens is 319 g/mol. The van der Waals surface area contributed by atoms with Crippen LogP contribution >= 0.6 is 0 Å². The molecule has 1 amide bonds. The SMILES string of the molecule is CC(C)(C)OC(=O)NC1(C(=O)[O-])CC1.[Cs+]. The number of carboxylic acids is 1. The van der Waals surface area contributed by atoms with Crippen LogP contribution in [0.25, 0.3) is 0 Å². The monoisotopic (exact) mass is 333 g/mol. The van der Waals surface area contributed by atoms with E-state index in [2.05, 4.69) is 5.32 Å². The van der Waals surface area contributed by atoms with Gasteiger partial charge in [0.15, 0.2) is 0 Å². The minimum Gasteiger partial charge on any atom is -0.548 e. The number of amides is 1. The predicted molar refractivity (Wildman–Crippen MR) is 46.3 cm³/mol. The van der Waals surface area contributed by atoms with Crippen LogP contribution in [-0.2, 0) is 9.53 Å². The average molecular weight is 333 g/mol. The van der Waals surface area contributed by atoms with Crippen molar-refractivity contribution in [3.05, 3.63) is 0 Å². The van der Waals surface area contributed by atoms with E-state index in [0.717, 1.165) is 0 Å². The molecule has 1 aliphatic rings. The zero-order valence-corrected chi connectivity index (χ0v) is 15.8. The first-order valence-corrected chi connectivity index (χ1v) is 4.48. The van der Waals surface area contributed by atoms with Gasteiger partial charge >= 0.3 is 75.0 Å². The second kappa shape index (κ2) is 5.42. The van der Waals surface area contributed by atoms with Crippen LogP contribution in [0.15, 0.2) is 0 Å². The summed E-state index contributed by atoms with van der Waals surface area (Å²) in [6, 6.07) is 0. The van der Waals surface area contributed by atoms with Crippen LogP contribution in [0, 0.1) is 0 Å². The maximum absolute atomic E-state index is 11.2. The van der Waals surface area contributed by atoms with Gasteiger partial charge in [0.1, 0.15) is 5.60 Å². The second-order valence-corrected chi connectivity index (χ2v) is 4.50. The zero-order chi connectivity index (χ0) is 11.0. The molecule has 0 atom stereocenters. The van der Waals surface area contributed by atoms with E-state index >= 15 is 0 Å². The first-order chi connectivity index (χ1) is 6.25. The van der Waals surface area contributed by atoms with Crippen molar-refractivity contribution < 1.29 is 88.3 Å². The number of hydrogen-bond acceptors (Lipinski definition) is 4. The van der Waals surface area contributed by atoms with Gasteiger partial charge in [0.05, 0.1) is 11.5 Å². The molecule has 1 fully saturated rings. The number of hydrogen-bond donors (Lipinski definition) is 1. The van der Waals surface area contributed by atoms with Crippen molar-refractivity contribution in [1.29, 1.82) is 0 Å². The molecule has 0 aliphatic heterocycles. The van der Waals surface area contributed by atoms with Crippen molar-refractivity contribution in [2.75, 3.05) is 0 Å². The largest absolute Gasteiger partial charge is 1.00 e. The number of aliphatic carboxylic acids is 1. The van der Waals surface area contributed by atoms with Gasteiger partial charge in [-0.05, 0) is 33.6 Å². The van der Waals surface area contributed by atoms with Gasteiger partial charge in [0.25, 0.3) is 0 Å². The standard InChI is InChI=1S/C9H15NO4.Cs/c1-8(2,3)14-7(13)10-9(4-5-9)6(11)12;/h4-5H2,1-3H3,(H,10,13)(H,11,12);/q;+1/p-1. The van der Waals surface area contributed by atoms with Crippen molar-refractivity contribution in [3.8, 4) is 0 Å². The van der Waals surface area contributed by atoms with Crippen LogP contribution < -0.4 is 79.3 Å². The van der Waals surface area contributed by atoms with E-state index in [-0.39, 0.29) is 68.9 Å². The van der Waals surface area contributed by atoms with Crippen LogP contribution in [0.3, 0.4) is 0 Å². The zero-order valence-electron chi connectivity index (χ0n) is 9.55. The number of carbonyl (C=O) groups is 2. The van der Waals surface area contributed by atoms with E-state index < -0.39 is 23.2 Å². The molecule has 0 saturated heterocycles. The molecule has 1 rings (SSSR count). The fraction of sp³-hybridized carbons (Fsp3) is 0.778. The molecule has 0 spiro atoms. The van der Waals surface area contributed by atoms with E-state index in [1.807, 2.05) is 0 Å². The maximum Gasteiger partial charge on any atom is 1.00 e. The number of carbonyl (C=O) groups excluding carboxylic acids is 2. The summed E-state index contributed by atoms with van der Waals surface area (Å²) in [6.45, 7) is 5.14. The van der Waals surface area contributed by atoms with Crippen molar-refractivity contribution in [2.24, 2.45) is 0 Å². The third-order valence-electron chi connectivity index (χ3n) is 1.88. The Kier molecular flexibility index (Phi) is 5.70. The summed E-state index contributed by atoms with van der Waals surface area (Å²) in [7, 11) is 0.